The first-order valence-corrected chi connectivity index (χ1v) is 11.6. The topological polar surface area (TPSA) is 98.8 Å². The van der Waals surface area contributed by atoms with Crippen LogP contribution in [0.4, 0.5) is 0 Å². The molecular weight excluding hydrogens is 382 g/mol. The first kappa shape index (κ1) is 19.8. The van der Waals surface area contributed by atoms with Crippen LogP contribution < -0.4 is 0 Å². The van der Waals surface area contributed by atoms with E-state index in [2.05, 4.69) is 10.2 Å². The fraction of sp³-hybridized carbons (Fsp3) is 0.778. The first-order chi connectivity index (χ1) is 13.6. The summed E-state index contributed by atoms with van der Waals surface area (Å²) in [5.41, 5.74) is 3.56. The van der Waals surface area contributed by atoms with Gasteiger partial charge in [-0.15, -0.1) is 0 Å². The molecule has 10 heteroatoms. The Morgan fingerprint density at radius 1 is 1.00 bits per heavy atom. The number of ether oxygens (including phenoxy) is 1. The third kappa shape index (κ3) is 4.10. The van der Waals surface area contributed by atoms with E-state index in [0.29, 0.717) is 65.3 Å². The molecule has 0 saturated carbocycles. The molecule has 3 aliphatic rings. The number of amides is 1. The molecule has 2 saturated heterocycles. The number of aryl methyl sites for hydroxylation is 2. The van der Waals surface area contributed by atoms with Crippen LogP contribution in [0.1, 0.15) is 36.2 Å². The molecule has 1 aliphatic carbocycles. The number of hydrogen-bond donors (Lipinski definition) is 1. The Bertz CT molecular complexity index is 795. The predicted octanol–water partition coefficient (Wildman–Crippen LogP) is -0.0577. The average molecular weight is 412 g/mol. The molecule has 0 bridgehead atoms. The van der Waals surface area contributed by atoms with Crippen LogP contribution in [0.2, 0.25) is 0 Å². The molecule has 156 valence electrons. The number of piperazine rings is 1. The van der Waals surface area contributed by atoms with Crippen molar-refractivity contribution in [2.24, 2.45) is 0 Å². The number of nitrogens with zero attached hydrogens (tertiary/aromatic N) is 4. The maximum Gasteiger partial charge on any atom is 0.282 e. The van der Waals surface area contributed by atoms with Crippen molar-refractivity contribution >= 4 is 16.1 Å². The summed E-state index contributed by atoms with van der Waals surface area (Å²) in [5, 5.41) is 7.53. The van der Waals surface area contributed by atoms with Crippen molar-refractivity contribution in [2.75, 3.05) is 52.5 Å². The van der Waals surface area contributed by atoms with Gasteiger partial charge < -0.3 is 9.64 Å². The van der Waals surface area contributed by atoms with Gasteiger partial charge in [-0.3, -0.25) is 9.89 Å². The largest absolute Gasteiger partial charge is 0.379 e. The van der Waals surface area contributed by atoms with Crippen LogP contribution in [0.25, 0.3) is 0 Å². The smallest absolute Gasteiger partial charge is 0.282 e. The third-order valence-electron chi connectivity index (χ3n) is 5.93. The number of hydrogen-bond acceptors (Lipinski definition) is 5. The van der Waals surface area contributed by atoms with Gasteiger partial charge in [-0.2, -0.15) is 22.1 Å². The molecule has 1 amide bonds. The van der Waals surface area contributed by atoms with E-state index < -0.39 is 10.2 Å². The fourth-order valence-corrected chi connectivity index (χ4v) is 5.81. The summed E-state index contributed by atoms with van der Waals surface area (Å²) in [7, 11) is -3.46. The van der Waals surface area contributed by atoms with Gasteiger partial charge in [-0.05, 0) is 31.2 Å². The molecule has 9 nitrogen and oxygen atoms in total. The Morgan fingerprint density at radius 3 is 2.43 bits per heavy atom. The van der Waals surface area contributed by atoms with Gasteiger partial charge in [-0.25, -0.2) is 0 Å². The highest BCUT2D eigenvalue weighted by atomic mass is 32.2. The summed E-state index contributed by atoms with van der Waals surface area (Å²) < 4.78 is 33.6. The Labute approximate surface area is 166 Å². The van der Waals surface area contributed by atoms with Crippen LogP contribution in [0.3, 0.4) is 0 Å². The minimum absolute atomic E-state index is 0.0796. The average Bonchev–Trinajstić information content (AvgIpc) is 3.16. The van der Waals surface area contributed by atoms with Crippen molar-refractivity contribution < 1.29 is 17.9 Å². The van der Waals surface area contributed by atoms with Crippen LogP contribution >= 0.6 is 0 Å². The number of nitrogens with one attached hydrogen (secondary N) is 1. The van der Waals surface area contributed by atoms with Gasteiger partial charge in [-0.1, -0.05) is 0 Å². The lowest BCUT2D eigenvalue weighted by Gasteiger charge is -2.37. The highest BCUT2D eigenvalue weighted by Crippen LogP contribution is 2.23. The lowest BCUT2D eigenvalue weighted by molar-refractivity contribution is -0.132. The molecule has 1 aromatic heterocycles. The van der Waals surface area contributed by atoms with E-state index in [-0.39, 0.29) is 5.91 Å². The maximum atomic E-state index is 12.7. The number of H-pyrrole nitrogens is 1. The van der Waals surface area contributed by atoms with Gasteiger partial charge >= 0.3 is 0 Å². The minimum atomic E-state index is -3.46. The number of carbonyl (C=O) groups is 1. The third-order valence-corrected chi connectivity index (χ3v) is 7.97. The lowest BCUT2D eigenvalue weighted by atomic mass is 9.94. The Morgan fingerprint density at radius 2 is 1.68 bits per heavy atom. The van der Waals surface area contributed by atoms with Gasteiger partial charge in [0.25, 0.3) is 10.2 Å². The normalized spacial score (nSPS) is 22.2. The van der Waals surface area contributed by atoms with Crippen LogP contribution in [0.5, 0.6) is 0 Å². The Kier molecular flexibility index (Phi) is 6.00. The molecular formula is C18H29N5O4S. The zero-order chi connectivity index (χ0) is 19.6. The van der Waals surface area contributed by atoms with Gasteiger partial charge in [0.15, 0.2) is 0 Å². The van der Waals surface area contributed by atoms with Crippen molar-refractivity contribution in [1.82, 2.24) is 23.7 Å². The zero-order valence-electron chi connectivity index (χ0n) is 16.2. The van der Waals surface area contributed by atoms with Crippen LogP contribution in [0.15, 0.2) is 0 Å². The monoisotopic (exact) mass is 411 g/mol. The predicted molar refractivity (Wildman–Crippen MR) is 103 cm³/mol. The molecule has 1 aromatic rings. The van der Waals surface area contributed by atoms with Gasteiger partial charge in [0.1, 0.15) is 0 Å². The van der Waals surface area contributed by atoms with Crippen LogP contribution in [-0.4, -0.2) is 90.5 Å². The first-order valence-electron chi connectivity index (χ1n) is 10.2. The number of carbonyl (C=O) groups excluding carboxylic acids is 1. The molecule has 0 radical (unpaired) electrons. The molecule has 2 aliphatic heterocycles. The molecule has 0 spiro atoms. The number of aromatic nitrogens is 2. The molecule has 28 heavy (non-hydrogen) atoms. The number of aromatic amines is 1. The van der Waals surface area contributed by atoms with Gasteiger partial charge in [0.05, 0.1) is 18.9 Å². The number of fused-ring (bicyclic) bond motifs is 1. The van der Waals surface area contributed by atoms with E-state index in [0.717, 1.165) is 18.5 Å². The molecule has 0 unspecified atom stereocenters. The van der Waals surface area contributed by atoms with Crippen molar-refractivity contribution in [3.05, 3.63) is 17.0 Å². The summed E-state index contributed by atoms with van der Waals surface area (Å²) in [6.07, 6.45) is 5.56. The van der Waals surface area contributed by atoms with E-state index in [1.807, 2.05) is 0 Å². The van der Waals surface area contributed by atoms with Crippen LogP contribution in [-0.2, 0) is 39.0 Å². The summed E-state index contributed by atoms with van der Waals surface area (Å²) in [5.74, 6) is 0.0796. The number of morpholine rings is 1. The van der Waals surface area contributed by atoms with Gasteiger partial charge in [0, 0.05) is 57.8 Å². The lowest BCUT2D eigenvalue weighted by Crippen LogP contribution is -2.55. The fourth-order valence-electron chi connectivity index (χ4n) is 4.25. The second-order valence-electron chi connectivity index (χ2n) is 7.63. The second-order valence-corrected chi connectivity index (χ2v) is 9.56. The molecule has 4 rings (SSSR count). The van der Waals surface area contributed by atoms with E-state index in [4.69, 9.17) is 4.74 Å². The van der Waals surface area contributed by atoms with Crippen molar-refractivity contribution in [1.29, 1.82) is 0 Å². The van der Waals surface area contributed by atoms with Crippen molar-refractivity contribution in [3.63, 3.8) is 0 Å². The zero-order valence-corrected chi connectivity index (χ0v) is 17.0. The summed E-state index contributed by atoms with van der Waals surface area (Å²) >= 11 is 0. The maximum absolute atomic E-state index is 12.7. The van der Waals surface area contributed by atoms with Crippen LogP contribution in [0, 0.1) is 0 Å². The quantitative estimate of drug-likeness (QED) is 0.732. The highest BCUT2D eigenvalue weighted by Gasteiger charge is 2.34. The molecule has 1 N–H and O–H groups in total. The van der Waals surface area contributed by atoms with E-state index in [1.165, 1.54) is 32.7 Å². The number of rotatable bonds is 5. The van der Waals surface area contributed by atoms with Gasteiger partial charge in [0.2, 0.25) is 5.91 Å². The Balaban J connectivity index is 1.27. The van der Waals surface area contributed by atoms with E-state index in [9.17, 15) is 13.2 Å². The molecule has 0 aromatic carbocycles. The Hall–Kier alpha value is -1.49. The standard InChI is InChI=1S/C18H29N5O4S/c24-18(6-5-17-15-3-1-2-4-16(15)19-20-17)21-7-9-22(10-8-21)28(25,26)23-11-13-27-14-12-23/h1-14H2,(H,19,20). The summed E-state index contributed by atoms with van der Waals surface area (Å²) in [4.78, 5) is 14.4. The molecule has 2 fully saturated rings. The highest BCUT2D eigenvalue weighted by molar-refractivity contribution is 7.86. The SMILES string of the molecule is O=C(CCc1n[nH]c2c1CCCC2)N1CCN(S(=O)(=O)N2CCOCC2)CC1. The van der Waals surface area contributed by atoms with E-state index >= 15 is 0 Å². The van der Waals surface area contributed by atoms with E-state index in [1.54, 1.807) is 4.90 Å². The molecule has 0 atom stereocenters. The summed E-state index contributed by atoms with van der Waals surface area (Å²) in [6.45, 7) is 3.27. The molecule has 3 heterocycles. The summed E-state index contributed by atoms with van der Waals surface area (Å²) in [6, 6.07) is 0. The van der Waals surface area contributed by atoms with Crippen molar-refractivity contribution in [3.8, 4) is 0 Å². The minimum Gasteiger partial charge on any atom is -0.379 e. The second kappa shape index (κ2) is 8.48. The van der Waals surface area contributed by atoms with Crippen molar-refractivity contribution in [2.45, 2.75) is 38.5 Å².